The minimum Gasteiger partial charge on any atom is -0.343 e. The maximum Gasteiger partial charge on any atom is 0.259 e. The van der Waals surface area contributed by atoms with E-state index in [1.807, 2.05) is 49.4 Å². The molecule has 0 aliphatic heterocycles. The fraction of sp³-hybridized carbons (Fsp3) is 0.118. The maximum absolute atomic E-state index is 11.8. The molecule has 0 unspecified atom stereocenters. The van der Waals surface area contributed by atoms with Gasteiger partial charge < -0.3 is 5.32 Å². The van der Waals surface area contributed by atoms with Crippen molar-refractivity contribution in [1.29, 1.82) is 0 Å². The van der Waals surface area contributed by atoms with Gasteiger partial charge in [-0.1, -0.05) is 48.0 Å². The Bertz CT molecular complexity index is 664. The first-order chi connectivity index (χ1) is 10.6. The summed E-state index contributed by atoms with van der Waals surface area (Å²) in [6.07, 6.45) is 1.54. The highest BCUT2D eigenvalue weighted by molar-refractivity contribution is 5.96. The Morgan fingerprint density at radius 2 is 1.73 bits per heavy atom. The number of hydrazone groups is 1. The zero-order valence-electron chi connectivity index (χ0n) is 12.2. The van der Waals surface area contributed by atoms with Gasteiger partial charge in [0.2, 0.25) is 0 Å². The van der Waals surface area contributed by atoms with Crippen LogP contribution in [0.3, 0.4) is 0 Å². The average molecular weight is 295 g/mol. The molecule has 2 aromatic rings. The fourth-order valence-electron chi connectivity index (χ4n) is 1.72. The van der Waals surface area contributed by atoms with Crippen LogP contribution in [0, 0.1) is 6.92 Å². The third-order valence-corrected chi connectivity index (χ3v) is 2.93. The Labute approximate surface area is 129 Å². The van der Waals surface area contributed by atoms with E-state index < -0.39 is 0 Å². The van der Waals surface area contributed by atoms with Crippen molar-refractivity contribution in [3.8, 4) is 0 Å². The molecule has 0 saturated carbocycles. The van der Waals surface area contributed by atoms with Gasteiger partial charge in [0.1, 0.15) is 0 Å². The topological polar surface area (TPSA) is 70.6 Å². The summed E-state index contributed by atoms with van der Waals surface area (Å²) >= 11 is 0. The van der Waals surface area contributed by atoms with Gasteiger partial charge in [-0.05, 0) is 24.6 Å². The van der Waals surface area contributed by atoms with Gasteiger partial charge in [-0.25, -0.2) is 5.43 Å². The van der Waals surface area contributed by atoms with Crippen LogP contribution in [-0.4, -0.2) is 24.6 Å². The average Bonchev–Trinajstić information content (AvgIpc) is 2.54. The number of rotatable bonds is 5. The van der Waals surface area contributed by atoms with Crippen LogP contribution >= 0.6 is 0 Å². The molecule has 0 aliphatic rings. The summed E-state index contributed by atoms with van der Waals surface area (Å²) in [4.78, 5) is 23.4. The lowest BCUT2D eigenvalue weighted by Crippen LogP contribution is -2.34. The van der Waals surface area contributed by atoms with Crippen LogP contribution in [0.2, 0.25) is 0 Å². The summed E-state index contributed by atoms with van der Waals surface area (Å²) < 4.78 is 0. The van der Waals surface area contributed by atoms with Gasteiger partial charge in [0.15, 0.2) is 0 Å². The number of carbonyl (C=O) groups is 2. The molecule has 2 aromatic carbocycles. The van der Waals surface area contributed by atoms with Gasteiger partial charge in [0.25, 0.3) is 11.8 Å². The second kappa shape index (κ2) is 7.73. The first-order valence-electron chi connectivity index (χ1n) is 6.87. The van der Waals surface area contributed by atoms with Gasteiger partial charge in [-0.15, -0.1) is 0 Å². The van der Waals surface area contributed by atoms with Gasteiger partial charge in [-0.2, -0.15) is 5.10 Å². The molecule has 0 bridgehead atoms. The molecule has 5 nitrogen and oxygen atoms in total. The van der Waals surface area contributed by atoms with E-state index in [9.17, 15) is 9.59 Å². The Hall–Kier alpha value is -2.95. The summed E-state index contributed by atoms with van der Waals surface area (Å²) in [5.41, 5.74) is 4.84. The predicted molar refractivity (Wildman–Crippen MR) is 85.7 cm³/mol. The summed E-state index contributed by atoms with van der Waals surface area (Å²) in [6.45, 7) is 1.82. The zero-order chi connectivity index (χ0) is 15.8. The molecule has 0 fully saturated rings. The van der Waals surface area contributed by atoms with E-state index in [1.165, 1.54) is 0 Å². The number of hydrogen-bond donors (Lipinski definition) is 2. The van der Waals surface area contributed by atoms with Crippen molar-refractivity contribution in [3.63, 3.8) is 0 Å². The normalized spacial score (nSPS) is 10.4. The van der Waals surface area contributed by atoms with Gasteiger partial charge in [0, 0.05) is 5.56 Å². The van der Waals surface area contributed by atoms with E-state index in [-0.39, 0.29) is 18.4 Å². The van der Waals surface area contributed by atoms with Gasteiger partial charge >= 0.3 is 0 Å². The van der Waals surface area contributed by atoms with Crippen LogP contribution in [0.5, 0.6) is 0 Å². The van der Waals surface area contributed by atoms with E-state index in [0.29, 0.717) is 5.56 Å². The van der Waals surface area contributed by atoms with Gasteiger partial charge in [0.05, 0.1) is 12.8 Å². The molecule has 112 valence electrons. The van der Waals surface area contributed by atoms with E-state index in [2.05, 4.69) is 15.8 Å². The lowest BCUT2D eigenvalue weighted by Gasteiger charge is -2.04. The Morgan fingerprint density at radius 3 is 2.41 bits per heavy atom. The lowest BCUT2D eigenvalue weighted by atomic mass is 10.1. The standard InChI is InChI=1S/C17H17N3O2/c1-13-7-9-15(10-8-13)17(22)18-12-16(21)20-19-11-14-5-3-2-4-6-14/h2-11H,12H2,1H3,(H,18,22)(H,20,21)/b19-11+. The Kier molecular flexibility index (Phi) is 5.43. The van der Waals surface area contributed by atoms with E-state index >= 15 is 0 Å². The SMILES string of the molecule is Cc1ccc(C(=O)NCC(=O)N/N=C/c2ccccc2)cc1. The quantitative estimate of drug-likeness (QED) is 0.653. The van der Waals surface area contributed by atoms with Gasteiger partial charge in [-0.3, -0.25) is 9.59 Å². The fourth-order valence-corrected chi connectivity index (χ4v) is 1.72. The smallest absolute Gasteiger partial charge is 0.259 e. The van der Waals surface area contributed by atoms with Crippen molar-refractivity contribution in [2.75, 3.05) is 6.54 Å². The number of hydrogen-bond acceptors (Lipinski definition) is 3. The minimum atomic E-state index is -0.382. The number of nitrogens with one attached hydrogen (secondary N) is 2. The van der Waals surface area contributed by atoms with Crippen LogP contribution in [0.4, 0.5) is 0 Å². The monoisotopic (exact) mass is 295 g/mol. The second-order valence-corrected chi connectivity index (χ2v) is 4.75. The minimum absolute atomic E-state index is 0.126. The van der Waals surface area contributed by atoms with Crippen LogP contribution in [0.1, 0.15) is 21.5 Å². The Morgan fingerprint density at radius 1 is 1.05 bits per heavy atom. The van der Waals surface area contributed by atoms with Crippen molar-refractivity contribution < 1.29 is 9.59 Å². The van der Waals surface area contributed by atoms with Crippen LogP contribution in [0.25, 0.3) is 0 Å². The summed E-state index contributed by atoms with van der Waals surface area (Å²) in [5.74, 6) is -0.671. The van der Waals surface area contributed by atoms with Crippen molar-refractivity contribution >= 4 is 18.0 Å². The van der Waals surface area contributed by atoms with Crippen molar-refractivity contribution in [3.05, 3.63) is 71.3 Å². The van der Waals surface area contributed by atoms with E-state index in [4.69, 9.17) is 0 Å². The molecule has 22 heavy (non-hydrogen) atoms. The second-order valence-electron chi connectivity index (χ2n) is 4.75. The first-order valence-corrected chi connectivity index (χ1v) is 6.87. The number of benzene rings is 2. The number of amides is 2. The largest absolute Gasteiger partial charge is 0.343 e. The summed E-state index contributed by atoms with van der Waals surface area (Å²) in [6, 6.07) is 16.5. The van der Waals surface area contributed by atoms with Crippen molar-refractivity contribution in [2.24, 2.45) is 5.10 Å². The molecule has 2 amide bonds. The summed E-state index contributed by atoms with van der Waals surface area (Å²) in [5, 5.41) is 6.37. The first kappa shape index (κ1) is 15.4. The molecule has 0 spiro atoms. The summed E-state index contributed by atoms with van der Waals surface area (Å²) in [7, 11) is 0. The van der Waals surface area contributed by atoms with Crippen LogP contribution in [0.15, 0.2) is 59.7 Å². The third-order valence-electron chi connectivity index (χ3n) is 2.93. The Balaban J connectivity index is 1.77. The highest BCUT2D eigenvalue weighted by Crippen LogP contribution is 2.02. The molecule has 5 heteroatoms. The molecule has 0 atom stereocenters. The molecule has 0 heterocycles. The van der Waals surface area contributed by atoms with E-state index in [1.54, 1.807) is 18.3 Å². The number of nitrogens with zero attached hydrogens (tertiary/aromatic N) is 1. The third kappa shape index (κ3) is 4.86. The molecule has 0 radical (unpaired) electrons. The molecule has 0 aromatic heterocycles. The van der Waals surface area contributed by atoms with Crippen LogP contribution in [-0.2, 0) is 4.79 Å². The predicted octanol–water partition coefficient (Wildman–Crippen LogP) is 1.88. The van der Waals surface area contributed by atoms with Crippen molar-refractivity contribution in [2.45, 2.75) is 6.92 Å². The highest BCUT2D eigenvalue weighted by Gasteiger charge is 2.06. The molecular formula is C17H17N3O2. The molecule has 0 saturated heterocycles. The molecule has 2 N–H and O–H groups in total. The molecule has 0 aliphatic carbocycles. The molecular weight excluding hydrogens is 278 g/mol. The number of carbonyl (C=O) groups excluding carboxylic acids is 2. The maximum atomic E-state index is 11.8. The lowest BCUT2D eigenvalue weighted by molar-refractivity contribution is -0.120. The van der Waals surface area contributed by atoms with Crippen molar-refractivity contribution in [1.82, 2.24) is 10.7 Å². The highest BCUT2D eigenvalue weighted by atomic mass is 16.2. The van der Waals surface area contributed by atoms with Crippen LogP contribution < -0.4 is 10.7 Å². The van der Waals surface area contributed by atoms with E-state index in [0.717, 1.165) is 11.1 Å². The number of aryl methyl sites for hydroxylation is 1. The zero-order valence-corrected chi connectivity index (χ0v) is 12.2. The molecule has 2 rings (SSSR count).